The fourth-order valence-corrected chi connectivity index (χ4v) is 5.07. The molecule has 1 saturated heterocycles. The molecule has 1 N–H and O–H groups in total. The van der Waals surface area contributed by atoms with Gasteiger partial charge in [-0.2, -0.15) is 0 Å². The summed E-state index contributed by atoms with van der Waals surface area (Å²) in [6, 6.07) is 12.7. The maximum atomic E-state index is 9.45. The van der Waals surface area contributed by atoms with Crippen molar-refractivity contribution in [2.45, 2.75) is 33.0 Å². The van der Waals surface area contributed by atoms with Crippen LogP contribution in [0.25, 0.3) is 10.2 Å². The largest absolute Gasteiger partial charge is 0.392 e. The number of thiazole rings is 1. The highest BCUT2D eigenvalue weighted by Crippen LogP contribution is 2.32. The third-order valence-electron chi connectivity index (χ3n) is 5.14. The quantitative estimate of drug-likeness (QED) is 0.700. The number of benzene rings is 2. The molecule has 1 atom stereocenters. The summed E-state index contributed by atoms with van der Waals surface area (Å²) < 4.78 is 1.14. The van der Waals surface area contributed by atoms with Gasteiger partial charge in [0, 0.05) is 37.2 Å². The predicted molar refractivity (Wildman–Crippen MR) is 114 cm³/mol. The van der Waals surface area contributed by atoms with Crippen molar-refractivity contribution in [2.75, 3.05) is 24.5 Å². The second-order valence-electron chi connectivity index (χ2n) is 7.36. The Labute approximate surface area is 169 Å². The molecule has 0 aliphatic carbocycles. The van der Waals surface area contributed by atoms with Crippen LogP contribution in [0, 0.1) is 6.92 Å². The molecule has 0 amide bonds. The van der Waals surface area contributed by atoms with Crippen LogP contribution in [0.15, 0.2) is 36.4 Å². The van der Waals surface area contributed by atoms with Crippen molar-refractivity contribution in [1.29, 1.82) is 0 Å². The fraction of sp³-hybridized carbons (Fsp3) is 0.381. The minimum absolute atomic E-state index is 0.0969. The zero-order chi connectivity index (χ0) is 19.0. The van der Waals surface area contributed by atoms with Crippen molar-refractivity contribution in [2.24, 2.45) is 0 Å². The predicted octanol–water partition coefficient (Wildman–Crippen LogP) is 4.46. The van der Waals surface area contributed by atoms with E-state index in [2.05, 4.69) is 35.8 Å². The number of aromatic nitrogens is 1. The Morgan fingerprint density at radius 3 is 2.78 bits per heavy atom. The van der Waals surface area contributed by atoms with E-state index in [9.17, 15) is 5.11 Å². The van der Waals surface area contributed by atoms with Gasteiger partial charge >= 0.3 is 0 Å². The van der Waals surface area contributed by atoms with Crippen LogP contribution in [-0.2, 0) is 13.2 Å². The Bertz CT molecular complexity index is 958. The normalized spacial score (nSPS) is 18.4. The van der Waals surface area contributed by atoms with E-state index >= 15 is 0 Å². The lowest BCUT2D eigenvalue weighted by Crippen LogP contribution is -2.51. The van der Waals surface area contributed by atoms with Gasteiger partial charge < -0.3 is 10.0 Å². The van der Waals surface area contributed by atoms with Crippen molar-refractivity contribution in [1.82, 2.24) is 9.88 Å². The van der Waals surface area contributed by atoms with Crippen molar-refractivity contribution >= 4 is 38.3 Å². The molecule has 1 fully saturated rings. The van der Waals surface area contributed by atoms with Gasteiger partial charge in [-0.25, -0.2) is 4.98 Å². The molecule has 1 aliphatic rings. The van der Waals surface area contributed by atoms with E-state index in [1.165, 1.54) is 11.1 Å². The first kappa shape index (κ1) is 18.7. The van der Waals surface area contributed by atoms with Crippen molar-refractivity contribution in [3.05, 3.63) is 58.1 Å². The molecule has 4 nitrogen and oxygen atoms in total. The van der Waals surface area contributed by atoms with E-state index in [4.69, 9.17) is 16.6 Å². The van der Waals surface area contributed by atoms with E-state index in [0.717, 1.165) is 52.1 Å². The number of fused-ring (bicyclic) bond motifs is 1. The number of aliphatic hydroxyl groups is 1. The van der Waals surface area contributed by atoms with Gasteiger partial charge in [0.25, 0.3) is 0 Å². The van der Waals surface area contributed by atoms with Gasteiger partial charge in [-0.3, -0.25) is 4.90 Å². The Morgan fingerprint density at radius 1 is 1.19 bits per heavy atom. The SMILES string of the molecule is Cc1cc(CO)cc(CN2CCN(c3nc4ccc(Cl)cc4s3)C[C@@H]2C)c1. The van der Waals surface area contributed by atoms with E-state index in [-0.39, 0.29) is 6.61 Å². The molecule has 0 unspecified atom stereocenters. The molecular weight excluding hydrogens is 378 g/mol. The van der Waals surface area contributed by atoms with Crippen LogP contribution in [0.5, 0.6) is 0 Å². The molecule has 2 aromatic carbocycles. The van der Waals surface area contributed by atoms with Crippen LogP contribution in [0.1, 0.15) is 23.6 Å². The Balaban J connectivity index is 1.46. The smallest absolute Gasteiger partial charge is 0.186 e. The minimum atomic E-state index is 0.0969. The Hall–Kier alpha value is -1.66. The maximum absolute atomic E-state index is 9.45. The summed E-state index contributed by atoms with van der Waals surface area (Å²) in [7, 11) is 0. The van der Waals surface area contributed by atoms with Gasteiger partial charge in [-0.05, 0) is 43.2 Å². The highest BCUT2D eigenvalue weighted by Gasteiger charge is 2.25. The third kappa shape index (κ3) is 4.11. The number of aliphatic hydroxyl groups excluding tert-OH is 1. The topological polar surface area (TPSA) is 39.6 Å². The van der Waals surface area contributed by atoms with Crippen LogP contribution in [0.2, 0.25) is 5.02 Å². The second kappa shape index (κ2) is 7.76. The number of rotatable bonds is 4. The molecule has 1 aromatic heterocycles. The molecule has 142 valence electrons. The highest BCUT2D eigenvalue weighted by atomic mass is 35.5. The standard InChI is InChI=1S/C21H24ClN3OS/c1-14-7-16(9-17(8-14)13-26)12-24-5-6-25(11-15(24)2)21-23-19-4-3-18(22)10-20(19)27-21/h3-4,7-10,15,26H,5-6,11-13H2,1-2H3/t15-/m0/s1. The number of nitrogens with zero attached hydrogens (tertiary/aromatic N) is 3. The average Bonchev–Trinajstić information content (AvgIpc) is 3.06. The van der Waals surface area contributed by atoms with Crippen LogP contribution in [-0.4, -0.2) is 40.7 Å². The zero-order valence-corrected chi connectivity index (χ0v) is 17.2. The monoisotopic (exact) mass is 401 g/mol. The number of piperazine rings is 1. The first-order valence-electron chi connectivity index (χ1n) is 9.27. The molecule has 0 saturated carbocycles. The number of hydrogen-bond acceptors (Lipinski definition) is 5. The molecule has 0 bridgehead atoms. The molecule has 4 rings (SSSR count). The van der Waals surface area contributed by atoms with Gasteiger partial charge in [0.2, 0.25) is 0 Å². The molecule has 6 heteroatoms. The van der Waals surface area contributed by atoms with E-state index in [1.54, 1.807) is 11.3 Å². The first-order valence-corrected chi connectivity index (χ1v) is 10.5. The number of aryl methyl sites for hydroxylation is 1. The van der Waals surface area contributed by atoms with Crippen molar-refractivity contribution in [3.63, 3.8) is 0 Å². The average molecular weight is 402 g/mol. The molecule has 0 spiro atoms. The van der Waals surface area contributed by atoms with Crippen LogP contribution in [0.3, 0.4) is 0 Å². The van der Waals surface area contributed by atoms with Crippen LogP contribution in [0.4, 0.5) is 5.13 Å². The lowest BCUT2D eigenvalue weighted by atomic mass is 10.1. The lowest BCUT2D eigenvalue weighted by Gasteiger charge is -2.39. The Kier molecular flexibility index (Phi) is 5.37. The zero-order valence-electron chi connectivity index (χ0n) is 15.7. The Morgan fingerprint density at radius 2 is 2.00 bits per heavy atom. The number of hydrogen-bond donors (Lipinski definition) is 1. The molecule has 2 heterocycles. The van der Waals surface area contributed by atoms with E-state index in [1.807, 2.05) is 24.3 Å². The number of halogens is 1. The molecule has 27 heavy (non-hydrogen) atoms. The molecule has 3 aromatic rings. The van der Waals surface area contributed by atoms with Crippen LogP contribution < -0.4 is 4.90 Å². The summed E-state index contributed by atoms with van der Waals surface area (Å²) >= 11 is 7.82. The van der Waals surface area contributed by atoms with Crippen LogP contribution >= 0.6 is 22.9 Å². The summed E-state index contributed by atoms with van der Waals surface area (Å²) in [5, 5.41) is 11.3. The lowest BCUT2D eigenvalue weighted by molar-refractivity contribution is 0.181. The summed E-state index contributed by atoms with van der Waals surface area (Å²) in [5.41, 5.74) is 4.49. The molecule has 0 radical (unpaired) electrons. The summed E-state index contributed by atoms with van der Waals surface area (Å²) in [6.07, 6.45) is 0. The third-order valence-corrected chi connectivity index (χ3v) is 6.45. The highest BCUT2D eigenvalue weighted by molar-refractivity contribution is 7.22. The van der Waals surface area contributed by atoms with E-state index < -0.39 is 0 Å². The summed E-state index contributed by atoms with van der Waals surface area (Å²) in [5.74, 6) is 0. The van der Waals surface area contributed by atoms with E-state index in [0.29, 0.717) is 6.04 Å². The summed E-state index contributed by atoms with van der Waals surface area (Å²) in [4.78, 5) is 9.69. The van der Waals surface area contributed by atoms with Gasteiger partial charge in [0.1, 0.15) is 0 Å². The molecule has 1 aliphatic heterocycles. The van der Waals surface area contributed by atoms with Crippen molar-refractivity contribution < 1.29 is 5.11 Å². The minimum Gasteiger partial charge on any atom is -0.392 e. The van der Waals surface area contributed by atoms with Crippen molar-refractivity contribution in [3.8, 4) is 0 Å². The first-order chi connectivity index (χ1) is 13.0. The van der Waals surface area contributed by atoms with Gasteiger partial charge in [-0.1, -0.05) is 46.7 Å². The second-order valence-corrected chi connectivity index (χ2v) is 8.80. The molecular formula is C21H24ClN3OS. The van der Waals surface area contributed by atoms with Gasteiger partial charge in [0.05, 0.1) is 16.8 Å². The fourth-order valence-electron chi connectivity index (χ4n) is 3.79. The van der Waals surface area contributed by atoms with Gasteiger partial charge in [0.15, 0.2) is 5.13 Å². The number of anilines is 1. The van der Waals surface area contributed by atoms with Gasteiger partial charge in [-0.15, -0.1) is 0 Å². The summed E-state index contributed by atoms with van der Waals surface area (Å²) in [6.45, 7) is 8.31. The maximum Gasteiger partial charge on any atom is 0.186 e.